The average molecular weight is 257 g/mol. The number of hydrogen-bond donors (Lipinski definition) is 1. The van der Waals surface area contributed by atoms with E-state index < -0.39 is 0 Å². The molecule has 0 amide bonds. The first-order chi connectivity index (χ1) is 8.38. The smallest absolute Gasteiger partial charge is 0.0639 e. The van der Waals surface area contributed by atoms with Gasteiger partial charge < -0.3 is 9.84 Å². The van der Waals surface area contributed by atoms with Gasteiger partial charge in [0.05, 0.1) is 18.3 Å². The van der Waals surface area contributed by atoms with Gasteiger partial charge in [-0.25, -0.2) is 0 Å². The maximum absolute atomic E-state index is 9.63. The Morgan fingerprint density at radius 2 is 1.83 bits per heavy atom. The van der Waals surface area contributed by atoms with Crippen molar-refractivity contribution in [2.45, 2.75) is 77.5 Å². The Labute approximate surface area is 113 Å². The minimum atomic E-state index is -0.249. The van der Waals surface area contributed by atoms with Crippen molar-refractivity contribution in [3.8, 4) is 0 Å². The van der Waals surface area contributed by atoms with E-state index in [-0.39, 0.29) is 11.7 Å². The summed E-state index contributed by atoms with van der Waals surface area (Å²) >= 11 is 0. The van der Waals surface area contributed by atoms with E-state index in [9.17, 15) is 5.11 Å². The first-order valence-electron chi connectivity index (χ1n) is 7.44. The normalized spacial score (nSPS) is 20.3. The summed E-state index contributed by atoms with van der Waals surface area (Å²) in [6.45, 7) is 10.6. The Kier molecular flexibility index (Phi) is 6.61. The highest BCUT2D eigenvalue weighted by Crippen LogP contribution is 2.22. The predicted molar refractivity (Wildman–Crippen MR) is 75.8 cm³/mol. The van der Waals surface area contributed by atoms with Crippen molar-refractivity contribution >= 4 is 0 Å². The molecule has 1 rings (SSSR count). The predicted octanol–water partition coefficient (Wildman–Crippen LogP) is 2.82. The lowest BCUT2D eigenvalue weighted by Crippen LogP contribution is -2.43. The fourth-order valence-corrected chi connectivity index (χ4v) is 2.68. The first-order valence-corrected chi connectivity index (χ1v) is 7.44. The molecule has 1 aliphatic carbocycles. The highest BCUT2D eigenvalue weighted by atomic mass is 16.5. The molecule has 0 bridgehead atoms. The standard InChI is InChI=1S/C15H31NO2/c1-13(17)12-16(10-11-18-15(2,3)4)14-8-6-5-7-9-14/h13-14,17H,5-12H2,1-4H3. The van der Waals surface area contributed by atoms with Crippen molar-refractivity contribution in [1.29, 1.82) is 0 Å². The van der Waals surface area contributed by atoms with Crippen LogP contribution < -0.4 is 0 Å². The van der Waals surface area contributed by atoms with Crippen LogP contribution in [0.4, 0.5) is 0 Å². The quantitative estimate of drug-likeness (QED) is 0.794. The maximum Gasteiger partial charge on any atom is 0.0639 e. The summed E-state index contributed by atoms with van der Waals surface area (Å²) < 4.78 is 5.81. The molecule has 1 aliphatic rings. The first kappa shape index (κ1) is 15.9. The third-order valence-electron chi connectivity index (χ3n) is 3.50. The Morgan fingerprint density at radius 3 is 2.33 bits per heavy atom. The summed E-state index contributed by atoms with van der Waals surface area (Å²) in [5.41, 5.74) is -0.0664. The second-order valence-corrected chi connectivity index (χ2v) is 6.60. The average Bonchev–Trinajstić information content (AvgIpc) is 2.27. The lowest BCUT2D eigenvalue weighted by molar-refractivity contribution is -0.0250. The highest BCUT2D eigenvalue weighted by molar-refractivity contribution is 4.77. The third-order valence-corrected chi connectivity index (χ3v) is 3.50. The summed E-state index contributed by atoms with van der Waals surface area (Å²) in [4.78, 5) is 2.43. The molecule has 0 heterocycles. The van der Waals surface area contributed by atoms with Crippen LogP contribution in [0.15, 0.2) is 0 Å². The van der Waals surface area contributed by atoms with Crippen LogP contribution in [0.25, 0.3) is 0 Å². The molecule has 0 aromatic rings. The van der Waals surface area contributed by atoms with E-state index in [1.54, 1.807) is 0 Å². The van der Waals surface area contributed by atoms with Gasteiger partial charge in [-0.15, -0.1) is 0 Å². The molecule has 3 heteroatoms. The summed E-state index contributed by atoms with van der Waals surface area (Å²) in [5.74, 6) is 0. The number of nitrogens with zero attached hydrogens (tertiary/aromatic N) is 1. The fourth-order valence-electron chi connectivity index (χ4n) is 2.68. The minimum absolute atomic E-state index is 0.0664. The molecule has 0 radical (unpaired) electrons. The second kappa shape index (κ2) is 7.46. The number of ether oxygens (including phenoxy) is 1. The molecular formula is C15H31NO2. The van der Waals surface area contributed by atoms with Crippen LogP contribution in [-0.4, -0.2) is 47.4 Å². The van der Waals surface area contributed by atoms with E-state index in [1.807, 2.05) is 6.92 Å². The largest absolute Gasteiger partial charge is 0.392 e. The molecule has 0 saturated heterocycles. The van der Waals surface area contributed by atoms with E-state index in [4.69, 9.17) is 4.74 Å². The fraction of sp³-hybridized carbons (Fsp3) is 1.00. The zero-order chi connectivity index (χ0) is 13.6. The minimum Gasteiger partial charge on any atom is -0.392 e. The number of aliphatic hydroxyl groups excluding tert-OH is 1. The van der Waals surface area contributed by atoms with Gasteiger partial charge >= 0.3 is 0 Å². The van der Waals surface area contributed by atoms with Crippen molar-refractivity contribution in [2.24, 2.45) is 0 Å². The Hall–Kier alpha value is -0.120. The van der Waals surface area contributed by atoms with Crippen LogP contribution >= 0.6 is 0 Å². The van der Waals surface area contributed by atoms with Crippen LogP contribution in [0, 0.1) is 0 Å². The molecule has 18 heavy (non-hydrogen) atoms. The van der Waals surface area contributed by atoms with Gasteiger partial charge in [0.15, 0.2) is 0 Å². The highest BCUT2D eigenvalue weighted by Gasteiger charge is 2.22. The second-order valence-electron chi connectivity index (χ2n) is 6.60. The van der Waals surface area contributed by atoms with Crippen molar-refractivity contribution in [3.63, 3.8) is 0 Å². The molecule has 1 saturated carbocycles. The van der Waals surface area contributed by atoms with Gasteiger partial charge in [0.1, 0.15) is 0 Å². The van der Waals surface area contributed by atoms with E-state index in [1.165, 1.54) is 32.1 Å². The van der Waals surface area contributed by atoms with E-state index in [2.05, 4.69) is 25.7 Å². The monoisotopic (exact) mass is 257 g/mol. The van der Waals surface area contributed by atoms with Gasteiger partial charge in [-0.1, -0.05) is 19.3 Å². The van der Waals surface area contributed by atoms with Gasteiger partial charge in [-0.2, -0.15) is 0 Å². The molecular weight excluding hydrogens is 226 g/mol. The Morgan fingerprint density at radius 1 is 1.22 bits per heavy atom. The molecule has 1 unspecified atom stereocenters. The van der Waals surface area contributed by atoms with Gasteiger partial charge in [0.25, 0.3) is 0 Å². The molecule has 1 fully saturated rings. The van der Waals surface area contributed by atoms with Crippen LogP contribution in [0.1, 0.15) is 59.8 Å². The molecule has 0 aliphatic heterocycles. The summed E-state index contributed by atoms with van der Waals surface area (Å²) in [5, 5.41) is 9.63. The molecule has 0 spiro atoms. The van der Waals surface area contributed by atoms with Crippen molar-refractivity contribution in [3.05, 3.63) is 0 Å². The SMILES string of the molecule is CC(O)CN(CCOC(C)(C)C)C1CCCCC1. The third kappa shape index (κ3) is 6.72. The summed E-state index contributed by atoms with van der Waals surface area (Å²) in [6, 6.07) is 0.650. The molecule has 0 aromatic carbocycles. The number of aliphatic hydroxyl groups is 1. The van der Waals surface area contributed by atoms with E-state index in [0.29, 0.717) is 6.04 Å². The molecule has 0 aromatic heterocycles. The van der Waals surface area contributed by atoms with E-state index >= 15 is 0 Å². The Balaban J connectivity index is 2.39. The van der Waals surface area contributed by atoms with Crippen LogP contribution in [0.5, 0.6) is 0 Å². The molecule has 108 valence electrons. The lowest BCUT2D eigenvalue weighted by atomic mass is 9.94. The maximum atomic E-state index is 9.63. The van der Waals surface area contributed by atoms with Gasteiger partial charge in [-0.3, -0.25) is 4.90 Å². The van der Waals surface area contributed by atoms with Crippen molar-refractivity contribution in [2.75, 3.05) is 19.7 Å². The van der Waals surface area contributed by atoms with Crippen LogP contribution in [-0.2, 0) is 4.74 Å². The van der Waals surface area contributed by atoms with Crippen molar-refractivity contribution in [1.82, 2.24) is 4.90 Å². The summed E-state index contributed by atoms with van der Waals surface area (Å²) in [7, 11) is 0. The summed E-state index contributed by atoms with van der Waals surface area (Å²) in [6.07, 6.45) is 6.35. The zero-order valence-corrected chi connectivity index (χ0v) is 12.6. The van der Waals surface area contributed by atoms with Crippen LogP contribution in [0.3, 0.4) is 0 Å². The lowest BCUT2D eigenvalue weighted by Gasteiger charge is -2.35. The van der Waals surface area contributed by atoms with Gasteiger partial charge in [-0.05, 0) is 40.5 Å². The topological polar surface area (TPSA) is 32.7 Å². The van der Waals surface area contributed by atoms with Gasteiger partial charge in [0.2, 0.25) is 0 Å². The number of hydrogen-bond acceptors (Lipinski definition) is 3. The zero-order valence-electron chi connectivity index (χ0n) is 12.6. The number of rotatable bonds is 6. The van der Waals surface area contributed by atoms with Crippen LogP contribution in [0.2, 0.25) is 0 Å². The Bertz CT molecular complexity index is 217. The molecule has 1 atom stereocenters. The van der Waals surface area contributed by atoms with Gasteiger partial charge in [0, 0.05) is 19.1 Å². The van der Waals surface area contributed by atoms with E-state index in [0.717, 1.165) is 19.7 Å². The van der Waals surface area contributed by atoms with Crippen molar-refractivity contribution < 1.29 is 9.84 Å². The molecule has 1 N–H and O–H groups in total. The molecule has 3 nitrogen and oxygen atoms in total.